The summed E-state index contributed by atoms with van der Waals surface area (Å²) >= 11 is 5.43. The third-order valence-electron chi connectivity index (χ3n) is 3.89. The van der Waals surface area contributed by atoms with Crippen LogP contribution in [0.2, 0.25) is 0 Å². The Labute approximate surface area is 152 Å². The summed E-state index contributed by atoms with van der Waals surface area (Å²) < 4.78 is 5.01. The van der Waals surface area contributed by atoms with E-state index in [0.29, 0.717) is 43.3 Å². The van der Waals surface area contributed by atoms with Gasteiger partial charge in [-0.15, -0.1) is 0 Å². The molecule has 1 aromatic carbocycles. The van der Waals surface area contributed by atoms with E-state index in [0.717, 1.165) is 16.5 Å². The molecular weight excluding hydrogens is 338 g/mol. The normalized spacial score (nSPS) is 10.8. The molecule has 6 nitrogen and oxygen atoms in total. The Kier molecular flexibility index (Phi) is 7.36. The van der Waals surface area contributed by atoms with Crippen LogP contribution in [0.3, 0.4) is 0 Å². The minimum absolute atomic E-state index is 0.0739. The fourth-order valence-corrected chi connectivity index (χ4v) is 2.84. The number of benzene rings is 1. The lowest BCUT2D eigenvalue weighted by Gasteiger charge is -2.25. The first-order valence-corrected chi connectivity index (χ1v) is 8.71. The minimum atomic E-state index is -0.120. The Morgan fingerprint density at radius 3 is 2.92 bits per heavy atom. The van der Waals surface area contributed by atoms with Crippen LogP contribution in [0.15, 0.2) is 29.1 Å². The van der Waals surface area contributed by atoms with Crippen LogP contribution in [-0.4, -0.2) is 53.5 Å². The monoisotopic (exact) mass is 363 g/mol. The van der Waals surface area contributed by atoms with Crippen LogP contribution in [0.25, 0.3) is 10.9 Å². The lowest BCUT2D eigenvalue weighted by molar-refractivity contribution is 0.202. The summed E-state index contributed by atoms with van der Waals surface area (Å²) in [4.78, 5) is 17.2. The van der Waals surface area contributed by atoms with Gasteiger partial charge in [-0.2, -0.15) is 0 Å². The molecule has 7 heteroatoms. The highest BCUT2D eigenvalue weighted by molar-refractivity contribution is 7.80. The van der Waals surface area contributed by atoms with Gasteiger partial charge in [0, 0.05) is 37.9 Å². The van der Waals surface area contributed by atoms with Gasteiger partial charge in [-0.25, -0.2) is 0 Å². The predicted molar refractivity (Wildman–Crippen MR) is 104 cm³/mol. The number of aromatic amines is 1. The van der Waals surface area contributed by atoms with Gasteiger partial charge in [0.25, 0.3) is 5.56 Å². The smallest absolute Gasteiger partial charge is 0.253 e. The van der Waals surface area contributed by atoms with Crippen LogP contribution >= 0.6 is 12.2 Å². The van der Waals surface area contributed by atoms with Crippen LogP contribution in [0.1, 0.15) is 17.5 Å². The number of nitrogens with one attached hydrogen (secondary N) is 2. The number of aliphatic hydroxyl groups excluding tert-OH is 1. The van der Waals surface area contributed by atoms with Crippen LogP contribution in [0, 0.1) is 6.92 Å². The molecule has 1 heterocycles. The van der Waals surface area contributed by atoms with Crippen molar-refractivity contribution in [2.24, 2.45) is 0 Å². The molecule has 0 amide bonds. The van der Waals surface area contributed by atoms with Gasteiger partial charge in [0.05, 0.1) is 13.2 Å². The van der Waals surface area contributed by atoms with E-state index in [1.165, 1.54) is 0 Å². The summed E-state index contributed by atoms with van der Waals surface area (Å²) in [5.74, 6) is 0. The Morgan fingerprint density at radius 2 is 2.20 bits per heavy atom. The molecule has 0 unspecified atom stereocenters. The third-order valence-corrected chi connectivity index (χ3v) is 4.30. The van der Waals surface area contributed by atoms with Crippen LogP contribution in [-0.2, 0) is 11.3 Å². The predicted octanol–water partition coefficient (Wildman–Crippen LogP) is 1.54. The number of aliphatic hydroxyl groups is 1. The summed E-state index contributed by atoms with van der Waals surface area (Å²) in [6, 6.07) is 7.84. The van der Waals surface area contributed by atoms with E-state index < -0.39 is 0 Å². The second-order valence-corrected chi connectivity index (χ2v) is 6.32. The quantitative estimate of drug-likeness (QED) is 0.488. The number of aryl methyl sites for hydroxylation is 1. The molecule has 0 spiro atoms. The molecule has 0 saturated heterocycles. The Balaban J connectivity index is 2.21. The lowest BCUT2D eigenvalue weighted by atomic mass is 10.1. The van der Waals surface area contributed by atoms with Crippen molar-refractivity contribution in [3.63, 3.8) is 0 Å². The Hall–Kier alpha value is -1.96. The highest BCUT2D eigenvalue weighted by Gasteiger charge is 2.13. The maximum absolute atomic E-state index is 12.4. The summed E-state index contributed by atoms with van der Waals surface area (Å²) in [7, 11) is 1.63. The Morgan fingerprint density at radius 1 is 1.40 bits per heavy atom. The first-order chi connectivity index (χ1) is 12.0. The molecule has 0 fully saturated rings. The first-order valence-electron chi connectivity index (χ1n) is 8.30. The highest BCUT2D eigenvalue weighted by Crippen LogP contribution is 2.14. The molecule has 0 aliphatic carbocycles. The number of pyridine rings is 1. The third kappa shape index (κ3) is 5.52. The second-order valence-electron chi connectivity index (χ2n) is 5.94. The van der Waals surface area contributed by atoms with Crippen molar-refractivity contribution >= 4 is 28.2 Å². The molecule has 25 heavy (non-hydrogen) atoms. The van der Waals surface area contributed by atoms with Crippen molar-refractivity contribution in [2.75, 3.05) is 33.4 Å². The van der Waals surface area contributed by atoms with Crippen molar-refractivity contribution in [3.8, 4) is 0 Å². The number of nitrogens with zero attached hydrogens (tertiary/aromatic N) is 1. The van der Waals surface area contributed by atoms with Crippen LogP contribution in [0.4, 0.5) is 0 Å². The summed E-state index contributed by atoms with van der Waals surface area (Å²) in [6.45, 7) is 4.19. The zero-order valence-corrected chi connectivity index (χ0v) is 15.5. The molecule has 3 N–H and O–H groups in total. The van der Waals surface area contributed by atoms with Crippen molar-refractivity contribution in [1.29, 1.82) is 0 Å². The number of aromatic nitrogens is 1. The number of hydrogen-bond donors (Lipinski definition) is 3. The molecule has 2 aromatic rings. The minimum Gasteiger partial charge on any atom is -0.396 e. The fourth-order valence-electron chi connectivity index (χ4n) is 2.58. The maximum atomic E-state index is 12.4. The van der Waals surface area contributed by atoms with Crippen molar-refractivity contribution in [3.05, 3.63) is 45.7 Å². The van der Waals surface area contributed by atoms with Crippen molar-refractivity contribution < 1.29 is 9.84 Å². The molecular formula is C18H25N3O3S. The lowest BCUT2D eigenvalue weighted by Crippen LogP contribution is -2.42. The van der Waals surface area contributed by atoms with Crippen LogP contribution in [0.5, 0.6) is 0 Å². The summed E-state index contributed by atoms with van der Waals surface area (Å²) in [6.07, 6.45) is 0.580. The number of rotatable bonds is 8. The van der Waals surface area contributed by atoms with E-state index in [1.807, 2.05) is 36.1 Å². The van der Waals surface area contributed by atoms with Crippen LogP contribution < -0.4 is 10.9 Å². The fraction of sp³-hybridized carbons (Fsp3) is 0.444. The standard InChI is InChI=1S/C18H25N3O3S/c1-13-4-5-16-14(10-13)11-15(17(23)20-16)12-21(7-3-8-22)18(25)19-6-9-24-2/h4-5,10-11,22H,3,6-9,12H2,1-2H3,(H,19,25)(H,20,23). The van der Waals surface area contributed by atoms with Gasteiger partial charge in [0.15, 0.2) is 5.11 Å². The van der Waals surface area contributed by atoms with Gasteiger partial charge < -0.3 is 25.0 Å². The zero-order valence-electron chi connectivity index (χ0n) is 14.7. The highest BCUT2D eigenvalue weighted by atomic mass is 32.1. The van der Waals surface area contributed by atoms with E-state index in [2.05, 4.69) is 10.3 Å². The van der Waals surface area contributed by atoms with Gasteiger partial charge in [0.1, 0.15) is 0 Å². The zero-order chi connectivity index (χ0) is 18.2. The topological polar surface area (TPSA) is 77.6 Å². The number of methoxy groups -OCH3 is 1. The van der Waals surface area contributed by atoms with Gasteiger partial charge in [-0.3, -0.25) is 4.79 Å². The van der Waals surface area contributed by atoms with Crippen molar-refractivity contribution in [2.45, 2.75) is 19.9 Å². The molecule has 2 rings (SSSR count). The number of ether oxygens (including phenoxy) is 1. The largest absolute Gasteiger partial charge is 0.396 e. The number of thiocarbonyl (C=S) groups is 1. The van der Waals surface area contributed by atoms with E-state index in [9.17, 15) is 4.79 Å². The van der Waals surface area contributed by atoms with Gasteiger partial charge >= 0.3 is 0 Å². The average Bonchev–Trinajstić information content (AvgIpc) is 2.59. The molecule has 1 aromatic heterocycles. The molecule has 0 aliphatic heterocycles. The molecule has 0 saturated carbocycles. The summed E-state index contributed by atoms with van der Waals surface area (Å²) in [5, 5.41) is 13.8. The second kappa shape index (κ2) is 9.50. The SMILES string of the molecule is COCCNC(=S)N(CCCO)Cc1cc2cc(C)ccc2[nH]c1=O. The van der Waals surface area contributed by atoms with Gasteiger partial charge in [-0.05, 0) is 49.1 Å². The molecule has 136 valence electrons. The number of H-pyrrole nitrogens is 1. The van der Waals surface area contributed by atoms with Gasteiger partial charge in [0.2, 0.25) is 0 Å². The van der Waals surface area contributed by atoms with E-state index in [4.69, 9.17) is 22.1 Å². The molecule has 0 radical (unpaired) electrons. The molecule has 0 bridgehead atoms. The van der Waals surface area contributed by atoms with Crippen molar-refractivity contribution in [1.82, 2.24) is 15.2 Å². The Bertz CT molecular complexity index is 776. The molecule has 0 aliphatic rings. The van der Waals surface area contributed by atoms with E-state index in [-0.39, 0.29) is 12.2 Å². The average molecular weight is 363 g/mol. The maximum Gasteiger partial charge on any atom is 0.253 e. The molecule has 0 atom stereocenters. The van der Waals surface area contributed by atoms with Gasteiger partial charge in [-0.1, -0.05) is 11.6 Å². The van der Waals surface area contributed by atoms with E-state index >= 15 is 0 Å². The number of hydrogen-bond acceptors (Lipinski definition) is 4. The number of fused-ring (bicyclic) bond motifs is 1. The summed E-state index contributed by atoms with van der Waals surface area (Å²) in [5.41, 5.74) is 2.48. The first kappa shape index (κ1) is 19.4. The van der Waals surface area contributed by atoms with E-state index in [1.54, 1.807) is 7.11 Å².